The summed E-state index contributed by atoms with van der Waals surface area (Å²) in [6.07, 6.45) is 3.62. The van der Waals surface area contributed by atoms with Crippen LogP contribution in [0, 0.1) is 0 Å². The van der Waals surface area contributed by atoms with Gasteiger partial charge in [-0.25, -0.2) is 8.42 Å². The fourth-order valence-corrected chi connectivity index (χ4v) is 3.55. The van der Waals surface area contributed by atoms with E-state index < -0.39 is 10.0 Å². The number of anilines is 1. The number of sulfonamides is 1. The molecule has 134 valence electrons. The van der Waals surface area contributed by atoms with Crippen LogP contribution in [0.3, 0.4) is 0 Å². The standard InChI is InChI=1S/C17H21N3O4S/c1-4-9-20(2)17(21)15-7-5-6-8-16(15)25(22,23)19-13-10-14(24-3)12-18-11-13/h5-8,10-12,19H,4,9H2,1-3H3. The van der Waals surface area contributed by atoms with E-state index in [0.717, 1.165) is 6.42 Å². The van der Waals surface area contributed by atoms with Crippen LogP contribution in [0.5, 0.6) is 5.75 Å². The van der Waals surface area contributed by atoms with E-state index in [9.17, 15) is 13.2 Å². The summed E-state index contributed by atoms with van der Waals surface area (Å²) in [6.45, 7) is 2.49. The van der Waals surface area contributed by atoms with E-state index in [4.69, 9.17) is 4.74 Å². The van der Waals surface area contributed by atoms with Crippen LogP contribution in [0.15, 0.2) is 47.6 Å². The summed E-state index contributed by atoms with van der Waals surface area (Å²) >= 11 is 0. The molecule has 0 saturated carbocycles. The summed E-state index contributed by atoms with van der Waals surface area (Å²) in [5.74, 6) is 0.0823. The van der Waals surface area contributed by atoms with Gasteiger partial charge in [-0.15, -0.1) is 0 Å². The topological polar surface area (TPSA) is 88.6 Å². The largest absolute Gasteiger partial charge is 0.495 e. The molecule has 0 saturated heterocycles. The highest BCUT2D eigenvalue weighted by molar-refractivity contribution is 7.92. The Morgan fingerprint density at radius 2 is 2.00 bits per heavy atom. The molecule has 2 aromatic rings. The van der Waals surface area contributed by atoms with Crippen LogP contribution in [0.1, 0.15) is 23.7 Å². The van der Waals surface area contributed by atoms with Crippen molar-refractivity contribution in [3.8, 4) is 5.75 Å². The molecule has 2 rings (SSSR count). The zero-order chi connectivity index (χ0) is 18.4. The van der Waals surface area contributed by atoms with Gasteiger partial charge in [0, 0.05) is 19.7 Å². The molecular weight excluding hydrogens is 342 g/mol. The van der Waals surface area contributed by atoms with E-state index in [0.29, 0.717) is 12.3 Å². The second-order valence-corrected chi connectivity index (χ2v) is 7.09. The predicted molar refractivity (Wildman–Crippen MR) is 95.3 cm³/mol. The zero-order valence-corrected chi connectivity index (χ0v) is 15.2. The number of hydrogen-bond donors (Lipinski definition) is 1. The lowest BCUT2D eigenvalue weighted by molar-refractivity contribution is 0.0791. The Morgan fingerprint density at radius 3 is 2.68 bits per heavy atom. The van der Waals surface area contributed by atoms with Gasteiger partial charge in [-0.2, -0.15) is 0 Å². The molecule has 1 aromatic heterocycles. The quantitative estimate of drug-likeness (QED) is 0.816. The number of rotatable bonds is 7. The van der Waals surface area contributed by atoms with Gasteiger partial charge in [0.1, 0.15) is 10.6 Å². The highest BCUT2D eigenvalue weighted by atomic mass is 32.2. The van der Waals surface area contributed by atoms with Crippen LogP contribution in [0.2, 0.25) is 0 Å². The first-order valence-electron chi connectivity index (χ1n) is 7.75. The number of aromatic nitrogens is 1. The Kier molecular flexibility index (Phi) is 5.97. The van der Waals surface area contributed by atoms with Gasteiger partial charge in [0.25, 0.3) is 15.9 Å². The molecule has 1 heterocycles. The molecule has 0 aliphatic rings. The number of nitrogens with one attached hydrogen (secondary N) is 1. The number of benzene rings is 1. The molecule has 0 spiro atoms. The third-order valence-corrected chi connectivity index (χ3v) is 4.95. The van der Waals surface area contributed by atoms with Crippen LogP contribution >= 0.6 is 0 Å². The molecule has 0 aliphatic carbocycles. The molecule has 1 N–H and O–H groups in total. The summed E-state index contributed by atoms with van der Waals surface area (Å²) in [5, 5.41) is 0. The minimum atomic E-state index is -3.96. The van der Waals surface area contributed by atoms with Crippen molar-refractivity contribution in [1.82, 2.24) is 9.88 Å². The summed E-state index contributed by atoms with van der Waals surface area (Å²) in [6, 6.07) is 7.64. The Bertz CT molecular complexity index is 852. The van der Waals surface area contributed by atoms with E-state index in [2.05, 4.69) is 9.71 Å². The van der Waals surface area contributed by atoms with Gasteiger partial charge in [-0.05, 0) is 18.6 Å². The van der Waals surface area contributed by atoms with Crippen molar-refractivity contribution in [1.29, 1.82) is 0 Å². The van der Waals surface area contributed by atoms with Gasteiger partial charge in [0.15, 0.2) is 0 Å². The average molecular weight is 363 g/mol. The Labute approximate surface area is 147 Å². The van der Waals surface area contributed by atoms with Crippen molar-refractivity contribution >= 4 is 21.6 Å². The number of hydrogen-bond acceptors (Lipinski definition) is 5. The smallest absolute Gasteiger partial charge is 0.262 e. The maximum absolute atomic E-state index is 12.8. The number of pyridine rings is 1. The van der Waals surface area contributed by atoms with E-state index in [1.54, 1.807) is 19.2 Å². The van der Waals surface area contributed by atoms with Crippen LogP contribution in [-0.4, -0.2) is 44.9 Å². The molecule has 0 bridgehead atoms. The van der Waals surface area contributed by atoms with Gasteiger partial charge in [-0.3, -0.25) is 14.5 Å². The van der Waals surface area contributed by atoms with Crippen molar-refractivity contribution in [2.24, 2.45) is 0 Å². The molecule has 25 heavy (non-hydrogen) atoms. The van der Waals surface area contributed by atoms with E-state index >= 15 is 0 Å². The van der Waals surface area contributed by atoms with Crippen LogP contribution in [0.25, 0.3) is 0 Å². The lowest BCUT2D eigenvalue weighted by Crippen LogP contribution is -2.29. The van der Waals surface area contributed by atoms with Gasteiger partial charge in [0.05, 0.1) is 30.8 Å². The SMILES string of the molecule is CCCN(C)C(=O)c1ccccc1S(=O)(=O)Nc1cncc(OC)c1. The fourth-order valence-electron chi connectivity index (χ4n) is 2.32. The molecule has 1 aromatic carbocycles. The Morgan fingerprint density at radius 1 is 1.28 bits per heavy atom. The normalized spacial score (nSPS) is 11.0. The molecule has 1 amide bonds. The third-order valence-electron chi connectivity index (χ3n) is 3.51. The number of methoxy groups -OCH3 is 1. The Hall–Kier alpha value is -2.61. The Balaban J connectivity index is 2.38. The third kappa shape index (κ3) is 4.48. The molecule has 0 radical (unpaired) electrons. The highest BCUT2D eigenvalue weighted by Crippen LogP contribution is 2.22. The first-order chi connectivity index (χ1) is 11.9. The molecule has 0 unspecified atom stereocenters. The lowest BCUT2D eigenvalue weighted by Gasteiger charge is -2.18. The number of carbonyl (C=O) groups excluding carboxylic acids is 1. The predicted octanol–water partition coefficient (Wildman–Crippen LogP) is 2.37. The number of carbonyl (C=O) groups is 1. The van der Waals surface area contributed by atoms with Crippen molar-refractivity contribution in [3.05, 3.63) is 48.3 Å². The van der Waals surface area contributed by atoms with Crippen molar-refractivity contribution in [3.63, 3.8) is 0 Å². The maximum Gasteiger partial charge on any atom is 0.262 e. The molecule has 7 nitrogen and oxygen atoms in total. The second kappa shape index (κ2) is 7.98. The number of nitrogens with zero attached hydrogens (tertiary/aromatic N) is 2. The van der Waals surface area contributed by atoms with Crippen molar-refractivity contribution in [2.45, 2.75) is 18.2 Å². The fraction of sp³-hybridized carbons (Fsp3) is 0.294. The average Bonchev–Trinajstić information content (AvgIpc) is 2.61. The molecule has 8 heteroatoms. The minimum absolute atomic E-state index is 0.0780. The monoisotopic (exact) mass is 363 g/mol. The zero-order valence-electron chi connectivity index (χ0n) is 14.4. The van der Waals surface area contributed by atoms with Gasteiger partial charge in [-0.1, -0.05) is 19.1 Å². The molecule has 0 aliphatic heterocycles. The molecule has 0 fully saturated rings. The van der Waals surface area contributed by atoms with Crippen molar-refractivity contribution < 1.29 is 17.9 Å². The highest BCUT2D eigenvalue weighted by Gasteiger charge is 2.24. The van der Waals surface area contributed by atoms with Crippen LogP contribution < -0.4 is 9.46 Å². The maximum atomic E-state index is 12.8. The van der Waals surface area contributed by atoms with E-state index in [-0.39, 0.29) is 22.1 Å². The van der Waals surface area contributed by atoms with Gasteiger partial charge in [0.2, 0.25) is 0 Å². The van der Waals surface area contributed by atoms with E-state index in [1.807, 2.05) is 6.92 Å². The molecular formula is C17H21N3O4S. The number of ether oxygens (including phenoxy) is 1. The summed E-state index contributed by atoms with van der Waals surface area (Å²) in [5.41, 5.74) is 0.380. The van der Waals surface area contributed by atoms with Gasteiger partial charge >= 0.3 is 0 Å². The summed E-state index contributed by atoms with van der Waals surface area (Å²) in [4.78, 5) is 17.9. The number of amides is 1. The lowest BCUT2D eigenvalue weighted by atomic mass is 10.2. The van der Waals surface area contributed by atoms with Crippen LogP contribution in [0.4, 0.5) is 5.69 Å². The first kappa shape index (κ1) is 18.7. The summed E-state index contributed by atoms with van der Waals surface area (Å²) < 4.78 is 33.0. The first-order valence-corrected chi connectivity index (χ1v) is 9.23. The minimum Gasteiger partial charge on any atom is -0.495 e. The van der Waals surface area contributed by atoms with Gasteiger partial charge < -0.3 is 9.64 Å². The second-order valence-electron chi connectivity index (χ2n) is 5.44. The van der Waals surface area contributed by atoms with Crippen LogP contribution in [-0.2, 0) is 10.0 Å². The van der Waals surface area contributed by atoms with E-state index in [1.165, 1.54) is 42.6 Å². The molecule has 0 atom stereocenters. The summed E-state index contributed by atoms with van der Waals surface area (Å²) in [7, 11) is -0.843. The van der Waals surface area contributed by atoms with Crippen molar-refractivity contribution in [2.75, 3.05) is 25.4 Å².